The maximum atomic E-state index is 9.63. The van der Waals surface area contributed by atoms with Gasteiger partial charge in [0, 0.05) is 19.6 Å². The highest BCUT2D eigenvalue weighted by molar-refractivity contribution is 6.32. The zero-order valence-corrected chi connectivity index (χ0v) is 14.6. The zero-order chi connectivity index (χ0) is 16.7. The monoisotopic (exact) mass is 339 g/mol. The number of benzene rings is 1. The van der Waals surface area contributed by atoms with E-state index in [0.717, 1.165) is 38.4 Å². The highest BCUT2D eigenvalue weighted by Crippen LogP contribution is 2.24. The fourth-order valence-corrected chi connectivity index (χ4v) is 2.69. The molecule has 1 aromatic rings. The summed E-state index contributed by atoms with van der Waals surface area (Å²) in [5.74, 6) is 1.57. The Balaban J connectivity index is 1.93. The molecular weight excluding hydrogens is 314 g/mol. The van der Waals surface area contributed by atoms with Crippen LogP contribution in [0.4, 0.5) is 0 Å². The van der Waals surface area contributed by atoms with Crippen molar-refractivity contribution in [3.05, 3.63) is 29.3 Å². The lowest BCUT2D eigenvalue weighted by Gasteiger charge is -2.32. The van der Waals surface area contributed by atoms with Crippen molar-refractivity contribution in [2.75, 3.05) is 26.2 Å². The average Bonchev–Trinajstić information content (AvgIpc) is 2.54. The summed E-state index contributed by atoms with van der Waals surface area (Å²) in [5.41, 5.74) is 0. The number of ether oxygens (including phenoxy) is 1. The van der Waals surface area contributed by atoms with E-state index in [-0.39, 0.29) is 12.2 Å². The minimum Gasteiger partial charge on any atom is -0.487 e. The van der Waals surface area contributed by atoms with Gasteiger partial charge in [0.1, 0.15) is 11.9 Å². The van der Waals surface area contributed by atoms with E-state index in [9.17, 15) is 5.11 Å². The number of aliphatic hydroxyl groups is 1. The van der Waals surface area contributed by atoms with Gasteiger partial charge in [0.15, 0.2) is 5.96 Å². The van der Waals surface area contributed by atoms with Crippen LogP contribution >= 0.6 is 11.6 Å². The average molecular weight is 340 g/mol. The van der Waals surface area contributed by atoms with Crippen molar-refractivity contribution in [1.82, 2.24) is 10.2 Å². The SMILES string of the molecule is CCNC(=NCC(C)Oc1ccccc1Cl)N1CCC(O)CC1. The second-order valence-corrected chi connectivity index (χ2v) is 6.18. The molecule has 0 radical (unpaired) electrons. The summed E-state index contributed by atoms with van der Waals surface area (Å²) < 4.78 is 5.85. The quantitative estimate of drug-likeness (QED) is 0.639. The van der Waals surface area contributed by atoms with Crippen LogP contribution in [-0.2, 0) is 0 Å². The van der Waals surface area contributed by atoms with Crippen molar-refractivity contribution in [2.45, 2.75) is 38.9 Å². The smallest absolute Gasteiger partial charge is 0.194 e. The third-order valence-electron chi connectivity index (χ3n) is 3.76. The van der Waals surface area contributed by atoms with Crippen molar-refractivity contribution in [3.8, 4) is 5.75 Å². The number of guanidine groups is 1. The van der Waals surface area contributed by atoms with Crippen molar-refractivity contribution < 1.29 is 9.84 Å². The first-order chi connectivity index (χ1) is 11.1. The maximum Gasteiger partial charge on any atom is 0.194 e. The molecule has 1 saturated heterocycles. The van der Waals surface area contributed by atoms with E-state index in [0.29, 0.717) is 17.3 Å². The van der Waals surface area contributed by atoms with Gasteiger partial charge in [-0.15, -0.1) is 0 Å². The summed E-state index contributed by atoms with van der Waals surface area (Å²) in [6, 6.07) is 7.46. The summed E-state index contributed by atoms with van der Waals surface area (Å²) in [7, 11) is 0. The summed E-state index contributed by atoms with van der Waals surface area (Å²) in [5, 5.41) is 13.5. The Kier molecular flexibility index (Phi) is 6.99. The van der Waals surface area contributed by atoms with Crippen LogP contribution in [0.3, 0.4) is 0 Å². The fourth-order valence-electron chi connectivity index (χ4n) is 2.51. The molecule has 0 saturated carbocycles. The number of nitrogens with zero attached hydrogens (tertiary/aromatic N) is 2. The standard InChI is InChI=1S/C17H26ClN3O2/c1-3-19-17(21-10-8-14(22)9-11-21)20-12-13(2)23-16-7-5-4-6-15(16)18/h4-7,13-14,22H,3,8-12H2,1-2H3,(H,19,20). The van der Waals surface area contributed by atoms with Gasteiger partial charge in [-0.25, -0.2) is 4.99 Å². The molecule has 5 nitrogen and oxygen atoms in total. The second kappa shape index (κ2) is 8.99. The van der Waals surface area contributed by atoms with E-state index in [4.69, 9.17) is 16.3 Å². The molecule has 0 bridgehead atoms. The molecule has 1 aromatic carbocycles. The number of piperidine rings is 1. The Morgan fingerprint density at radius 1 is 1.43 bits per heavy atom. The van der Waals surface area contributed by atoms with Crippen molar-refractivity contribution in [3.63, 3.8) is 0 Å². The topological polar surface area (TPSA) is 57.1 Å². The first kappa shape index (κ1) is 17.9. The number of para-hydroxylation sites is 1. The molecule has 0 aromatic heterocycles. The van der Waals surface area contributed by atoms with Gasteiger partial charge in [0.25, 0.3) is 0 Å². The third-order valence-corrected chi connectivity index (χ3v) is 4.07. The summed E-state index contributed by atoms with van der Waals surface area (Å²) in [4.78, 5) is 6.86. The highest BCUT2D eigenvalue weighted by Gasteiger charge is 2.19. The highest BCUT2D eigenvalue weighted by atomic mass is 35.5. The summed E-state index contributed by atoms with van der Waals surface area (Å²) in [6.07, 6.45) is 1.32. The number of hydrogen-bond donors (Lipinski definition) is 2. The molecule has 0 aliphatic carbocycles. The van der Waals surface area contributed by atoms with Crippen molar-refractivity contribution in [2.24, 2.45) is 4.99 Å². The molecule has 1 unspecified atom stereocenters. The Morgan fingerprint density at radius 2 is 2.13 bits per heavy atom. The van der Waals surface area contributed by atoms with Gasteiger partial charge in [-0.1, -0.05) is 23.7 Å². The van der Waals surface area contributed by atoms with Crippen LogP contribution in [0.2, 0.25) is 5.02 Å². The second-order valence-electron chi connectivity index (χ2n) is 5.77. The van der Waals surface area contributed by atoms with Crippen LogP contribution in [0.15, 0.2) is 29.3 Å². The molecule has 1 aliphatic heterocycles. The molecular formula is C17H26ClN3O2. The molecule has 1 fully saturated rings. The van der Waals surface area contributed by atoms with Gasteiger partial charge in [-0.3, -0.25) is 0 Å². The predicted molar refractivity (Wildman–Crippen MR) is 94.3 cm³/mol. The fraction of sp³-hybridized carbons (Fsp3) is 0.588. The van der Waals surface area contributed by atoms with E-state index in [1.165, 1.54) is 0 Å². The van der Waals surface area contributed by atoms with E-state index in [1.54, 1.807) is 0 Å². The van der Waals surface area contributed by atoms with Gasteiger partial charge in [-0.05, 0) is 38.8 Å². The van der Waals surface area contributed by atoms with Gasteiger partial charge in [0.05, 0.1) is 17.7 Å². The number of aliphatic hydroxyl groups excluding tert-OH is 1. The number of hydrogen-bond acceptors (Lipinski definition) is 3. The van der Waals surface area contributed by atoms with E-state index < -0.39 is 0 Å². The van der Waals surface area contributed by atoms with Crippen LogP contribution in [0, 0.1) is 0 Å². The van der Waals surface area contributed by atoms with Crippen LogP contribution < -0.4 is 10.1 Å². The molecule has 0 spiro atoms. The molecule has 1 atom stereocenters. The molecule has 1 heterocycles. The lowest BCUT2D eigenvalue weighted by atomic mass is 10.1. The lowest BCUT2D eigenvalue weighted by Crippen LogP contribution is -2.47. The third kappa shape index (κ3) is 5.59. The number of likely N-dealkylation sites (tertiary alicyclic amines) is 1. The van der Waals surface area contributed by atoms with E-state index >= 15 is 0 Å². The summed E-state index contributed by atoms with van der Waals surface area (Å²) >= 11 is 6.11. The largest absolute Gasteiger partial charge is 0.487 e. The summed E-state index contributed by atoms with van der Waals surface area (Å²) in [6.45, 7) is 7.05. The van der Waals surface area contributed by atoms with Gasteiger partial charge in [-0.2, -0.15) is 0 Å². The van der Waals surface area contributed by atoms with Gasteiger partial charge < -0.3 is 20.1 Å². The van der Waals surface area contributed by atoms with E-state index in [2.05, 4.69) is 22.1 Å². The number of halogens is 1. The van der Waals surface area contributed by atoms with Gasteiger partial charge >= 0.3 is 0 Å². The molecule has 128 valence electrons. The minimum absolute atomic E-state index is 0.0704. The molecule has 1 aliphatic rings. The van der Waals surface area contributed by atoms with Crippen LogP contribution in [-0.4, -0.2) is 54.4 Å². The molecule has 23 heavy (non-hydrogen) atoms. The molecule has 0 amide bonds. The lowest BCUT2D eigenvalue weighted by molar-refractivity contribution is 0.107. The Morgan fingerprint density at radius 3 is 2.78 bits per heavy atom. The predicted octanol–water partition coefficient (Wildman–Crippen LogP) is 2.53. The van der Waals surface area contributed by atoms with Gasteiger partial charge in [0.2, 0.25) is 0 Å². The van der Waals surface area contributed by atoms with Crippen LogP contribution in [0.1, 0.15) is 26.7 Å². The minimum atomic E-state index is -0.184. The molecule has 2 rings (SSSR count). The van der Waals surface area contributed by atoms with Crippen LogP contribution in [0.5, 0.6) is 5.75 Å². The molecule has 6 heteroatoms. The first-order valence-electron chi connectivity index (χ1n) is 8.22. The Bertz CT molecular complexity index is 516. The zero-order valence-electron chi connectivity index (χ0n) is 13.8. The number of nitrogens with one attached hydrogen (secondary N) is 1. The normalized spacial score (nSPS) is 17.9. The Hall–Kier alpha value is -1.46. The Labute approximate surface area is 143 Å². The van der Waals surface area contributed by atoms with Crippen molar-refractivity contribution in [1.29, 1.82) is 0 Å². The van der Waals surface area contributed by atoms with Crippen LogP contribution in [0.25, 0.3) is 0 Å². The maximum absolute atomic E-state index is 9.63. The van der Waals surface area contributed by atoms with E-state index in [1.807, 2.05) is 31.2 Å². The van der Waals surface area contributed by atoms with Crippen molar-refractivity contribution >= 4 is 17.6 Å². The molecule has 2 N–H and O–H groups in total. The number of aliphatic imine (C=N–C) groups is 1. The number of rotatable bonds is 5. The first-order valence-corrected chi connectivity index (χ1v) is 8.60.